The fourth-order valence-corrected chi connectivity index (χ4v) is 2.70. The first-order valence-corrected chi connectivity index (χ1v) is 8.33. The first-order valence-electron chi connectivity index (χ1n) is 8.33. The van der Waals surface area contributed by atoms with Crippen LogP contribution in [0.15, 0.2) is 79.1 Å². The van der Waals surface area contributed by atoms with Gasteiger partial charge in [-0.25, -0.2) is 9.37 Å². The number of rotatable bonds is 4. The lowest BCUT2D eigenvalue weighted by Crippen LogP contribution is -2.13. The molecular formula is C21H15FN4O. The number of pyridine rings is 2. The van der Waals surface area contributed by atoms with Crippen LogP contribution in [0.25, 0.3) is 10.9 Å². The highest BCUT2D eigenvalue weighted by molar-refractivity contribution is 6.08. The number of hydrogen-bond donors (Lipinski definition) is 2. The minimum Gasteiger partial charge on any atom is -0.338 e. The quantitative estimate of drug-likeness (QED) is 0.552. The average molecular weight is 358 g/mol. The smallest absolute Gasteiger partial charge is 0.257 e. The third kappa shape index (κ3) is 3.59. The number of aromatic nitrogens is 2. The highest BCUT2D eigenvalue weighted by Crippen LogP contribution is 2.22. The Morgan fingerprint density at radius 2 is 1.67 bits per heavy atom. The lowest BCUT2D eigenvalue weighted by Gasteiger charge is -2.09. The molecule has 4 rings (SSSR count). The van der Waals surface area contributed by atoms with Crippen molar-refractivity contribution in [1.82, 2.24) is 9.97 Å². The van der Waals surface area contributed by atoms with Crippen molar-refractivity contribution in [2.24, 2.45) is 0 Å². The molecule has 2 aromatic heterocycles. The first-order chi connectivity index (χ1) is 13.2. The number of hydrogen-bond acceptors (Lipinski definition) is 4. The molecule has 0 radical (unpaired) electrons. The summed E-state index contributed by atoms with van der Waals surface area (Å²) < 4.78 is 13.7. The van der Waals surface area contributed by atoms with Crippen LogP contribution >= 0.6 is 0 Å². The Balaban J connectivity index is 1.52. The monoisotopic (exact) mass is 358 g/mol. The molecule has 0 unspecified atom stereocenters. The van der Waals surface area contributed by atoms with Gasteiger partial charge in [-0.15, -0.1) is 0 Å². The zero-order valence-corrected chi connectivity index (χ0v) is 14.2. The van der Waals surface area contributed by atoms with E-state index >= 15 is 0 Å². The molecule has 2 aromatic carbocycles. The highest BCUT2D eigenvalue weighted by atomic mass is 19.1. The van der Waals surface area contributed by atoms with Crippen LogP contribution < -0.4 is 10.6 Å². The molecule has 132 valence electrons. The Labute approximate surface area is 154 Å². The van der Waals surface area contributed by atoms with Gasteiger partial charge in [0.05, 0.1) is 22.5 Å². The van der Waals surface area contributed by atoms with Crippen LogP contribution in [0.5, 0.6) is 0 Å². The Bertz CT molecular complexity index is 1110. The Morgan fingerprint density at radius 3 is 2.48 bits per heavy atom. The number of nitrogens with zero attached hydrogens (tertiary/aromatic N) is 2. The van der Waals surface area contributed by atoms with Crippen LogP contribution in [0, 0.1) is 5.82 Å². The van der Waals surface area contributed by atoms with Gasteiger partial charge >= 0.3 is 0 Å². The summed E-state index contributed by atoms with van der Waals surface area (Å²) >= 11 is 0. The fourth-order valence-electron chi connectivity index (χ4n) is 2.70. The molecule has 1 amide bonds. The van der Waals surface area contributed by atoms with Crippen LogP contribution in [0.2, 0.25) is 0 Å². The maximum absolute atomic E-state index is 13.7. The summed E-state index contributed by atoms with van der Waals surface area (Å²) in [5, 5.41) is 6.68. The van der Waals surface area contributed by atoms with Crippen LogP contribution in [0.1, 0.15) is 10.4 Å². The van der Waals surface area contributed by atoms with Crippen molar-refractivity contribution in [3.63, 3.8) is 0 Å². The molecular weight excluding hydrogens is 343 g/mol. The topological polar surface area (TPSA) is 66.9 Å². The third-order valence-corrected chi connectivity index (χ3v) is 4.04. The van der Waals surface area contributed by atoms with E-state index in [0.717, 1.165) is 10.9 Å². The number of nitrogens with one attached hydrogen (secondary N) is 2. The second-order valence-corrected chi connectivity index (χ2v) is 5.87. The molecule has 0 atom stereocenters. The molecule has 0 saturated heterocycles. The summed E-state index contributed by atoms with van der Waals surface area (Å²) in [5.74, 6) is -0.217. The normalized spacial score (nSPS) is 10.6. The molecule has 6 heteroatoms. The van der Waals surface area contributed by atoms with Crippen molar-refractivity contribution < 1.29 is 9.18 Å². The van der Waals surface area contributed by atoms with Crippen molar-refractivity contribution in [3.8, 4) is 0 Å². The second kappa shape index (κ2) is 7.21. The molecule has 0 saturated carbocycles. The minimum atomic E-state index is -0.371. The Kier molecular flexibility index (Phi) is 4.45. The van der Waals surface area contributed by atoms with E-state index in [9.17, 15) is 9.18 Å². The second-order valence-electron chi connectivity index (χ2n) is 5.87. The predicted molar refractivity (Wildman–Crippen MR) is 104 cm³/mol. The number of carbonyl (C=O) groups is 1. The van der Waals surface area contributed by atoms with Crippen molar-refractivity contribution >= 4 is 34.0 Å². The molecule has 4 aromatic rings. The largest absolute Gasteiger partial charge is 0.338 e. The number of para-hydroxylation sites is 2. The van der Waals surface area contributed by atoms with Crippen LogP contribution in [-0.2, 0) is 0 Å². The number of carbonyl (C=O) groups excluding carboxylic acids is 1. The predicted octanol–water partition coefficient (Wildman–Crippen LogP) is 4.76. The molecule has 0 aliphatic carbocycles. The van der Waals surface area contributed by atoms with E-state index in [1.165, 1.54) is 12.3 Å². The van der Waals surface area contributed by atoms with E-state index in [4.69, 9.17) is 0 Å². The summed E-state index contributed by atoms with van der Waals surface area (Å²) in [6, 6.07) is 19.0. The number of amides is 1. The van der Waals surface area contributed by atoms with Gasteiger partial charge in [-0.2, -0.15) is 0 Å². The molecule has 0 bridgehead atoms. The minimum absolute atomic E-state index is 0.293. The molecule has 0 spiro atoms. The van der Waals surface area contributed by atoms with Gasteiger partial charge in [-0.3, -0.25) is 9.78 Å². The van der Waals surface area contributed by atoms with Crippen LogP contribution in [-0.4, -0.2) is 15.9 Å². The summed E-state index contributed by atoms with van der Waals surface area (Å²) in [5.41, 5.74) is 2.07. The van der Waals surface area contributed by atoms with Gasteiger partial charge < -0.3 is 10.6 Å². The molecule has 0 fully saturated rings. The molecule has 2 heterocycles. The van der Waals surface area contributed by atoms with E-state index < -0.39 is 0 Å². The molecule has 5 nitrogen and oxygen atoms in total. The van der Waals surface area contributed by atoms with E-state index in [0.29, 0.717) is 22.8 Å². The van der Waals surface area contributed by atoms with Crippen molar-refractivity contribution in [1.29, 1.82) is 0 Å². The number of halogens is 1. The lowest BCUT2D eigenvalue weighted by atomic mass is 10.2. The van der Waals surface area contributed by atoms with Gasteiger partial charge in [0, 0.05) is 17.8 Å². The summed E-state index contributed by atoms with van der Waals surface area (Å²) in [4.78, 5) is 21.0. The van der Waals surface area contributed by atoms with Gasteiger partial charge in [-0.1, -0.05) is 30.3 Å². The standard InChI is InChI=1S/C21H15FN4O/c22-16-7-1-2-8-17(16)25-19-11-10-15(13-24-19)21(27)26-18-9-3-5-14-6-4-12-23-20(14)18/h1-13H,(H,24,25)(H,26,27). The Morgan fingerprint density at radius 1 is 0.852 bits per heavy atom. The zero-order valence-electron chi connectivity index (χ0n) is 14.2. The van der Waals surface area contributed by atoms with E-state index in [1.54, 1.807) is 42.6 Å². The lowest BCUT2D eigenvalue weighted by molar-refractivity contribution is 0.102. The van der Waals surface area contributed by atoms with Gasteiger partial charge in [0.1, 0.15) is 11.6 Å². The summed E-state index contributed by atoms with van der Waals surface area (Å²) in [6.07, 6.45) is 3.12. The third-order valence-electron chi connectivity index (χ3n) is 4.04. The van der Waals surface area contributed by atoms with E-state index in [-0.39, 0.29) is 11.7 Å². The summed E-state index contributed by atoms with van der Waals surface area (Å²) in [7, 11) is 0. The Hall–Kier alpha value is -3.80. The van der Waals surface area contributed by atoms with Crippen LogP contribution in [0.3, 0.4) is 0 Å². The highest BCUT2D eigenvalue weighted by Gasteiger charge is 2.10. The van der Waals surface area contributed by atoms with Gasteiger partial charge in [0.15, 0.2) is 0 Å². The van der Waals surface area contributed by atoms with Gasteiger partial charge in [0.2, 0.25) is 0 Å². The SMILES string of the molecule is O=C(Nc1cccc2cccnc12)c1ccc(Nc2ccccc2F)nc1. The average Bonchev–Trinajstić information content (AvgIpc) is 2.70. The molecule has 0 aliphatic heterocycles. The maximum atomic E-state index is 13.7. The van der Waals surface area contributed by atoms with Crippen molar-refractivity contribution in [3.05, 3.63) is 90.5 Å². The molecule has 0 aliphatic rings. The van der Waals surface area contributed by atoms with E-state index in [1.807, 2.05) is 24.3 Å². The summed E-state index contributed by atoms with van der Waals surface area (Å²) in [6.45, 7) is 0. The first kappa shape index (κ1) is 16.7. The molecule has 27 heavy (non-hydrogen) atoms. The number of fused-ring (bicyclic) bond motifs is 1. The fraction of sp³-hybridized carbons (Fsp3) is 0. The van der Waals surface area contributed by atoms with Crippen molar-refractivity contribution in [2.45, 2.75) is 0 Å². The van der Waals surface area contributed by atoms with E-state index in [2.05, 4.69) is 20.6 Å². The van der Waals surface area contributed by atoms with Gasteiger partial charge in [-0.05, 0) is 36.4 Å². The number of benzene rings is 2. The van der Waals surface area contributed by atoms with Crippen LogP contribution in [0.4, 0.5) is 21.6 Å². The zero-order chi connectivity index (χ0) is 18.6. The molecule has 2 N–H and O–H groups in total. The van der Waals surface area contributed by atoms with Crippen molar-refractivity contribution in [2.75, 3.05) is 10.6 Å². The maximum Gasteiger partial charge on any atom is 0.257 e. The number of anilines is 3. The van der Waals surface area contributed by atoms with Gasteiger partial charge in [0.25, 0.3) is 5.91 Å².